The summed E-state index contributed by atoms with van der Waals surface area (Å²) >= 11 is 0. The van der Waals surface area contributed by atoms with E-state index in [2.05, 4.69) is 38.3 Å². The monoisotopic (exact) mass is 228 g/mol. The topological polar surface area (TPSA) is 41.1 Å². The maximum atomic E-state index is 11.7. The maximum Gasteiger partial charge on any atom is 0.237 e. The van der Waals surface area contributed by atoms with Crippen molar-refractivity contribution in [1.29, 1.82) is 0 Å². The summed E-state index contributed by atoms with van der Waals surface area (Å²) in [5.74, 6) is 0.434. The molecule has 0 saturated carbocycles. The first kappa shape index (κ1) is 15.4. The van der Waals surface area contributed by atoms with Crippen molar-refractivity contribution in [2.24, 2.45) is 5.92 Å². The van der Waals surface area contributed by atoms with Gasteiger partial charge in [0.05, 0.1) is 6.04 Å². The van der Waals surface area contributed by atoms with Gasteiger partial charge in [0.25, 0.3) is 0 Å². The largest absolute Gasteiger partial charge is 0.358 e. The third-order valence-corrected chi connectivity index (χ3v) is 2.89. The molecule has 0 heterocycles. The van der Waals surface area contributed by atoms with Crippen LogP contribution in [0.4, 0.5) is 0 Å². The summed E-state index contributed by atoms with van der Waals surface area (Å²) in [5, 5.41) is 6.23. The Bertz CT molecular complexity index is 186. The molecule has 0 radical (unpaired) electrons. The van der Waals surface area contributed by atoms with E-state index in [1.54, 1.807) is 7.05 Å². The summed E-state index contributed by atoms with van der Waals surface area (Å²) in [6, 6.07) is 0.410. The minimum atomic E-state index is -0.0619. The normalized spacial score (nSPS) is 13.2. The van der Waals surface area contributed by atoms with Crippen LogP contribution in [-0.2, 0) is 4.79 Å². The number of hydrogen-bond acceptors (Lipinski definition) is 2. The van der Waals surface area contributed by atoms with E-state index >= 15 is 0 Å². The predicted octanol–water partition coefficient (Wildman–Crippen LogP) is 2.32. The summed E-state index contributed by atoms with van der Waals surface area (Å²) in [6.45, 7) is 8.55. The molecule has 1 amide bonds. The average molecular weight is 228 g/mol. The molecule has 3 heteroatoms. The van der Waals surface area contributed by atoms with Crippen molar-refractivity contribution in [3.8, 4) is 0 Å². The molecule has 1 atom stereocenters. The van der Waals surface area contributed by atoms with Gasteiger partial charge in [-0.3, -0.25) is 4.79 Å². The van der Waals surface area contributed by atoms with Gasteiger partial charge in [-0.15, -0.1) is 0 Å². The maximum absolute atomic E-state index is 11.7. The van der Waals surface area contributed by atoms with E-state index in [1.807, 2.05) is 0 Å². The van der Waals surface area contributed by atoms with Gasteiger partial charge in [-0.2, -0.15) is 0 Å². The highest BCUT2D eigenvalue weighted by Crippen LogP contribution is 2.09. The molecule has 0 aromatic rings. The Balaban J connectivity index is 4.38. The molecule has 0 fully saturated rings. The van der Waals surface area contributed by atoms with E-state index in [9.17, 15) is 4.79 Å². The molecular formula is C13H28N2O. The molecule has 0 aliphatic heterocycles. The van der Waals surface area contributed by atoms with Crippen LogP contribution in [0, 0.1) is 5.92 Å². The van der Waals surface area contributed by atoms with Crippen molar-refractivity contribution in [3.63, 3.8) is 0 Å². The lowest BCUT2D eigenvalue weighted by Gasteiger charge is -2.27. The van der Waals surface area contributed by atoms with Crippen LogP contribution in [0.3, 0.4) is 0 Å². The minimum absolute atomic E-state index is 0.0619. The fourth-order valence-corrected chi connectivity index (χ4v) is 1.99. The zero-order chi connectivity index (χ0) is 12.6. The molecule has 1 unspecified atom stereocenters. The van der Waals surface area contributed by atoms with Crippen LogP contribution < -0.4 is 10.6 Å². The third kappa shape index (κ3) is 5.50. The highest BCUT2D eigenvalue weighted by atomic mass is 16.2. The van der Waals surface area contributed by atoms with Gasteiger partial charge >= 0.3 is 0 Å². The van der Waals surface area contributed by atoms with Gasteiger partial charge in [-0.1, -0.05) is 40.5 Å². The zero-order valence-corrected chi connectivity index (χ0v) is 11.5. The van der Waals surface area contributed by atoms with Crippen LogP contribution in [0.1, 0.15) is 53.4 Å². The highest BCUT2D eigenvalue weighted by Gasteiger charge is 2.23. The Morgan fingerprint density at radius 1 is 1.12 bits per heavy atom. The molecule has 3 nitrogen and oxygen atoms in total. The summed E-state index contributed by atoms with van der Waals surface area (Å²) in [6.07, 6.45) is 4.62. The fraction of sp³-hybridized carbons (Fsp3) is 0.923. The van der Waals surface area contributed by atoms with Crippen molar-refractivity contribution < 1.29 is 4.79 Å². The number of hydrogen-bond donors (Lipinski definition) is 2. The highest BCUT2D eigenvalue weighted by molar-refractivity contribution is 5.81. The molecule has 0 aliphatic carbocycles. The number of carbonyl (C=O) groups is 1. The van der Waals surface area contributed by atoms with Gasteiger partial charge in [0.2, 0.25) is 5.91 Å². The number of nitrogens with one attached hydrogen (secondary N) is 2. The standard InChI is InChI=1S/C13H28N2O/c1-6-8-11(9-7-2)15-12(10(3)4)13(16)14-5/h10-12,15H,6-9H2,1-5H3,(H,14,16). The molecule has 0 bridgehead atoms. The molecule has 0 aliphatic rings. The first-order chi connectivity index (χ1) is 7.56. The van der Waals surface area contributed by atoms with Gasteiger partial charge in [-0.05, 0) is 18.8 Å². The average Bonchev–Trinajstić information content (AvgIpc) is 2.24. The number of carbonyl (C=O) groups excluding carboxylic acids is 1. The van der Waals surface area contributed by atoms with Gasteiger partial charge < -0.3 is 10.6 Å². The van der Waals surface area contributed by atoms with Crippen LogP contribution in [-0.4, -0.2) is 25.0 Å². The Labute approximate surface area is 100 Å². The van der Waals surface area contributed by atoms with Crippen LogP contribution >= 0.6 is 0 Å². The summed E-state index contributed by atoms with van der Waals surface area (Å²) in [7, 11) is 1.70. The lowest BCUT2D eigenvalue weighted by Crippen LogP contribution is -2.50. The van der Waals surface area contributed by atoms with Crippen LogP contribution in [0.25, 0.3) is 0 Å². The lowest BCUT2D eigenvalue weighted by atomic mass is 9.99. The Hall–Kier alpha value is -0.570. The number of rotatable bonds is 8. The molecule has 2 N–H and O–H groups in total. The second-order valence-corrected chi connectivity index (χ2v) is 4.78. The van der Waals surface area contributed by atoms with Crippen molar-refractivity contribution in [2.75, 3.05) is 7.05 Å². The SMILES string of the molecule is CCCC(CCC)NC(C(=O)NC)C(C)C. The smallest absolute Gasteiger partial charge is 0.237 e. The second-order valence-electron chi connectivity index (χ2n) is 4.78. The van der Waals surface area contributed by atoms with Crippen LogP contribution in [0.2, 0.25) is 0 Å². The molecular weight excluding hydrogens is 200 g/mol. The quantitative estimate of drug-likeness (QED) is 0.669. The molecule has 0 spiro atoms. The van der Waals surface area contributed by atoms with E-state index in [-0.39, 0.29) is 11.9 Å². The lowest BCUT2D eigenvalue weighted by molar-refractivity contribution is -0.123. The first-order valence-electron chi connectivity index (χ1n) is 6.54. The summed E-state index contributed by atoms with van der Waals surface area (Å²) in [5.41, 5.74) is 0. The van der Waals surface area contributed by atoms with E-state index < -0.39 is 0 Å². The van der Waals surface area contributed by atoms with Crippen molar-refractivity contribution in [1.82, 2.24) is 10.6 Å². The van der Waals surface area contributed by atoms with Crippen LogP contribution in [0.5, 0.6) is 0 Å². The molecule has 16 heavy (non-hydrogen) atoms. The number of amides is 1. The van der Waals surface area contributed by atoms with E-state index in [1.165, 1.54) is 0 Å². The zero-order valence-electron chi connectivity index (χ0n) is 11.5. The fourth-order valence-electron chi connectivity index (χ4n) is 1.99. The van der Waals surface area contributed by atoms with Crippen molar-refractivity contribution in [2.45, 2.75) is 65.5 Å². The second kappa shape index (κ2) is 8.57. The minimum Gasteiger partial charge on any atom is -0.358 e. The Morgan fingerprint density at radius 2 is 1.62 bits per heavy atom. The van der Waals surface area contributed by atoms with E-state index in [0.717, 1.165) is 25.7 Å². The first-order valence-corrected chi connectivity index (χ1v) is 6.54. The molecule has 0 rings (SSSR count). The van der Waals surface area contributed by atoms with Crippen molar-refractivity contribution in [3.05, 3.63) is 0 Å². The van der Waals surface area contributed by atoms with Gasteiger partial charge in [0.15, 0.2) is 0 Å². The van der Waals surface area contributed by atoms with E-state index in [4.69, 9.17) is 0 Å². The summed E-state index contributed by atoms with van der Waals surface area (Å²) < 4.78 is 0. The van der Waals surface area contributed by atoms with Gasteiger partial charge in [0.1, 0.15) is 0 Å². The predicted molar refractivity (Wildman–Crippen MR) is 69.4 cm³/mol. The Morgan fingerprint density at radius 3 is 1.94 bits per heavy atom. The Kier molecular flexibility index (Phi) is 8.26. The van der Waals surface area contributed by atoms with Gasteiger partial charge in [0, 0.05) is 13.1 Å². The molecule has 0 saturated heterocycles. The van der Waals surface area contributed by atoms with Gasteiger partial charge in [-0.25, -0.2) is 0 Å². The van der Waals surface area contributed by atoms with Crippen molar-refractivity contribution >= 4 is 5.91 Å². The molecule has 96 valence electrons. The third-order valence-electron chi connectivity index (χ3n) is 2.89. The number of likely N-dealkylation sites (N-methyl/N-ethyl adjacent to an activating group) is 1. The molecule has 0 aromatic heterocycles. The van der Waals surface area contributed by atoms with E-state index in [0.29, 0.717) is 12.0 Å². The van der Waals surface area contributed by atoms with Crippen LogP contribution in [0.15, 0.2) is 0 Å². The summed E-state index contributed by atoms with van der Waals surface area (Å²) in [4.78, 5) is 11.7. The molecule has 0 aromatic carbocycles.